The van der Waals surface area contributed by atoms with Crippen LogP contribution in [0, 0.1) is 18.4 Å². The molecule has 0 spiro atoms. The number of aliphatic imine (C=N–C) groups is 1. The third-order valence-corrected chi connectivity index (χ3v) is 3.37. The standard InChI is InChI=1S/C15H14N4O2S/c1-10-5-6-11(18-14(20)13-4-3-7-21-13)8-12(10)19-15(22-2)17-9-16/h3-8H,1-2H3,(H,17,19)(H,18,20). The molecule has 1 heterocycles. The molecule has 0 bridgehead atoms. The van der Waals surface area contributed by atoms with Crippen molar-refractivity contribution in [1.82, 2.24) is 5.32 Å². The zero-order valence-corrected chi connectivity index (χ0v) is 12.9. The summed E-state index contributed by atoms with van der Waals surface area (Å²) in [6.45, 7) is 1.90. The van der Waals surface area contributed by atoms with Crippen molar-refractivity contribution in [3.8, 4) is 6.19 Å². The normalized spacial score (nSPS) is 10.9. The van der Waals surface area contributed by atoms with E-state index in [0.29, 0.717) is 16.5 Å². The number of nitriles is 1. The van der Waals surface area contributed by atoms with Crippen LogP contribution in [-0.2, 0) is 0 Å². The molecule has 1 aromatic heterocycles. The molecule has 0 aliphatic rings. The Labute approximate surface area is 132 Å². The first-order chi connectivity index (χ1) is 10.6. The zero-order valence-electron chi connectivity index (χ0n) is 12.1. The molecule has 0 aliphatic heterocycles. The summed E-state index contributed by atoms with van der Waals surface area (Å²) < 4.78 is 5.05. The lowest BCUT2D eigenvalue weighted by atomic mass is 10.2. The van der Waals surface area contributed by atoms with Crippen molar-refractivity contribution < 1.29 is 9.21 Å². The molecule has 7 heteroatoms. The number of carbonyl (C=O) groups excluding carboxylic acids is 1. The predicted octanol–water partition coefficient (Wildman–Crippen LogP) is 3.26. The molecule has 0 saturated carbocycles. The van der Waals surface area contributed by atoms with E-state index in [1.165, 1.54) is 18.0 Å². The lowest BCUT2D eigenvalue weighted by Crippen LogP contribution is -2.13. The first-order valence-corrected chi connectivity index (χ1v) is 7.60. The molecule has 0 radical (unpaired) electrons. The maximum absolute atomic E-state index is 12.0. The van der Waals surface area contributed by atoms with Crippen LogP contribution in [0.5, 0.6) is 0 Å². The number of hydrogen-bond acceptors (Lipinski definition) is 5. The van der Waals surface area contributed by atoms with Crippen molar-refractivity contribution in [2.75, 3.05) is 11.6 Å². The van der Waals surface area contributed by atoms with Crippen molar-refractivity contribution in [1.29, 1.82) is 5.26 Å². The SMILES string of the molecule is CSC(=Nc1cc(NC(=O)c2ccco2)ccc1C)NC#N. The van der Waals surface area contributed by atoms with Crippen LogP contribution in [-0.4, -0.2) is 17.3 Å². The van der Waals surface area contributed by atoms with Crippen LogP contribution in [0.2, 0.25) is 0 Å². The second-order valence-electron chi connectivity index (χ2n) is 4.29. The molecule has 22 heavy (non-hydrogen) atoms. The predicted molar refractivity (Wildman–Crippen MR) is 87.2 cm³/mol. The van der Waals surface area contributed by atoms with Crippen LogP contribution in [0.25, 0.3) is 0 Å². The third kappa shape index (κ3) is 3.90. The van der Waals surface area contributed by atoms with Gasteiger partial charge in [-0.1, -0.05) is 17.8 Å². The molecule has 1 amide bonds. The van der Waals surface area contributed by atoms with Crippen molar-refractivity contribution in [2.45, 2.75) is 6.92 Å². The molecular weight excluding hydrogens is 300 g/mol. The Kier molecular flexibility index (Phi) is 5.22. The molecule has 112 valence electrons. The fourth-order valence-electron chi connectivity index (χ4n) is 1.69. The van der Waals surface area contributed by atoms with Gasteiger partial charge in [0, 0.05) is 5.69 Å². The van der Waals surface area contributed by atoms with Gasteiger partial charge in [-0.3, -0.25) is 10.1 Å². The Hall–Kier alpha value is -2.72. The number of amides is 1. The largest absolute Gasteiger partial charge is 0.459 e. The summed E-state index contributed by atoms with van der Waals surface area (Å²) in [5, 5.41) is 14.4. The Morgan fingerprint density at radius 2 is 2.23 bits per heavy atom. The maximum Gasteiger partial charge on any atom is 0.291 e. The molecule has 1 aromatic carbocycles. The van der Waals surface area contributed by atoms with E-state index in [4.69, 9.17) is 9.68 Å². The first kappa shape index (κ1) is 15.7. The van der Waals surface area contributed by atoms with Gasteiger partial charge in [-0.25, -0.2) is 4.99 Å². The molecule has 2 rings (SSSR count). The monoisotopic (exact) mass is 314 g/mol. The highest BCUT2D eigenvalue weighted by atomic mass is 32.2. The van der Waals surface area contributed by atoms with Crippen molar-refractivity contribution in [3.05, 3.63) is 47.9 Å². The van der Waals surface area contributed by atoms with Crippen LogP contribution >= 0.6 is 11.8 Å². The van der Waals surface area contributed by atoms with Crippen LogP contribution in [0.15, 0.2) is 46.0 Å². The van der Waals surface area contributed by atoms with Gasteiger partial charge in [0.05, 0.1) is 12.0 Å². The highest BCUT2D eigenvalue weighted by molar-refractivity contribution is 8.13. The smallest absolute Gasteiger partial charge is 0.291 e. The van der Waals surface area contributed by atoms with E-state index in [1.54, 1.807) is 24.3 Å². The third-order valence-electron chi connectivity index (χ3n) is 2.79. The van der Waals surface area contributed by atoms with Gasteiger partial charge in [0.1, 0.15) is 0 Å². The van der Waals surface area contributed by atoms with E-state index in [0.717, 1.165) is 5.56 Å². The Morgan fingerprint density at radius 1 is 1.41 bits per heavy atom. The Balaban J connectivity index is 2.23. The molecule has 0 fully saturated rings. The lowest BCUT2D eigenvalue weighted by Gasteiger charge is -2.07. The summed E-state index contributed by atoms with van der Waals surface area (Å²) in [6.07, 6.45) is 5.10. The summed E-state index contributed by atoms with van der Waals surface area (Å²) in [5.74, 6) is -0.0920. The van der Waals surface area contributed by atoms with Crippen molar-refractivity contribution in [2.24, 2.45) is 4.99 Å². The van der Waals surface area contributed by atoms with E-state index < -0.39 is 0 Å². The summed E-state index contributed by atoms with van der Waals surface area (Å²) in [6, 6.07) is 8.61. The molecule has 2 N–H and O–H groups in total. The van der Waals surface area contributed by atoms with Crippen LogP contribution < -0.4 is 10.6 Å². The van der Waals surface area contributed by atoms with Gasteiger partial charge in [0.2, 0.25) is 0 Å². The second-order valence-corrected chi connectivity index (χ2v) is 5.09. The van der Waals surface area contributed by atoms with Crippen molar-refractivity contribution >= 4 is 34.2 Å². The number of benzene rings is 1. The highest BCUT2D eigenvalue weighted by Gasteiger charge is 2.09. The Morgan fingerprint density at radius 3 is 2.86 bits per heavy atom. The zero-order chi connectivity index (χ0) is 15.9. The van der Waals surface area contributed by atoms with Crippen LogP contribution in [0.3, 0.4) is 0 Å². The van der Waals surface area contributed by atoms with Gasteiger partial charge < -0.3 is 9.73 Å². The number of rotatable bonds is 3. The molecule has 0 aliphatic carbocycles. The number of aryl methyl sites for hydroxylation is 1. The van der Waals surface area contributed by atoms with E-state index in [9.17, 15) is 4.79 Å². The minimum absolute atomic E-state index is 0.238. The molecule has 6 nitrogen and oxygen atoms in total. The molecule has 2 aromatic rings. The Bertz CT molecular complexity index is 732. The number of hydrogen-bond donors (Lipinski definition) is 2. The van der Waals surface area contributed by atoms with Crippen LogP contribution in [0.1, 0.15) is 16.1 Å². The minimum Gasteiger partial charge on any atom is -0.459 e. The number of anilines is 1. The average Bonchev–Trinajstić information content (AvgIpc) is 3.04. The fraction of sp³-hybridized carbons (Fsp3) is 0.133. The van der Waals surface area contributed by atoms with Crippen LogP contribution in [0.4, 0.5) is 11.4 Å². The summed E-state index contributed by atoms with van der Waals surface area (Å²) in [4.78, 5) is 16.3. The average molecular weight is 314 g/mol. The molecule has 0 unspecified atom stereocenters. The second kappa shape index (κ2) is 7.33. The first-order valence-electron chi connectivity index (χ1n) is 6.37. The van der Waals surface area contributed by atoms with Crippen molar-refractivity contribution in [3.63, 3.8) is 0 Å². The van der Waals surface area contributed by atoms with E-state index in [-0.39, 0.29) is 11.7 Å². The number of furan rings is 1. The molecule has 0 atom stereocenters. The topological polar surface area (TPSA) is 90.4 Å². The van der Waals surface area contributed by atoms with E-state index in [1.807, 2.05) is 25.4 Å². The van der Waals surface area contributed by atoms with Gasteiger partial charge in [0.25, 0.3) is 5.91 Å². The highest BCUT2D eigenvalue weighted by Crippen LogP contribution is 2.24. The number of nitrogens with one attached hydrogen (secondary N) is 2. The number of carbonyl (C=O) groups is 1. The van der Waals surface area contributed by atoms with Gasteiger partial charge in [-0.2, -0.15) is 5.26 Å². The van der Waals surface area contributed by atoms with E-state index in [2.05, 4.69) is 15.6 Å². The van der Waals surface area contributed by atoms with Gasteiger partial charge in [-0.05, 0) is 43.0 Å². The summed E-state index contributed by atoms with van der Waals surface area (Å²) >= 11 is 1.33. The van der Waals surface area contributed by atoms with E-state index >= 15 is 0 Å². The lowest BCUT2D eigenvalue weighted by molar-refractivity contribution is 0.0996. The number of amidine groups is 1. The van der Waals surface area contributed by atoms with Gasteiger partial charge in [-0.15, -0.1) is 0 Å². The van der Waals surface area contributed by atoms with Gasteiger partial charge in [0.15, 0.2) is 17.1 Å². The summed E-state index contributed by atoms with van der Waals surface area (Å²) in [5.41, 5.74) is 2.20. The fourth-order valence-corrected chi connectivity index (χ4v) is 2.03. The number of nitrogens with zero attached hydrogens (tertiary/aromatic N) is 2. The number of thioether (sulfide) groups is 1. The quantitative estimate of drug-likeness (QED) is 0.393. The molecule has 0 saturated heterocycles. The minimum atomic E-state index is -0.330. The molecular formula is C15H14N4O2S. The maximum atomic E-state index is 12.0. The summed E-state index contributed by atoms with van der Waals surface area (Å²) in [7, 11) is 0. The van der Waals surface area contributed by atoms with Gasteiger partial charge >= 0.3 is 0 Å².